The summed E-state index contributed by atoms with van der Waals surface area (Å²) < 4.78 is 31.6. The second kappa shape index (κ2) is 10.7. The summed E-state index contributed by atoms with van der Waals surface area (Å²) in [6.45, 7) is 5.13. The SMILES string of the molecule is CC#CCN1CCS(=O)(=O)C(CC(=O)NC)(c2ccc(OCc3cc(C)nc4ccccc34)cc2)C1. The average molecular weight is 506 g/mol. The van der Waals surface area contributed by atoms with Crippen LogP contribution in [0.15, 0.2) is 54.6 Å². The first-order chi connectivity index (χ1) is 17.3. The Morgan fingerprint density at radius 2 is 1.94 bits per heavy atom. The molecular formula is C28H31N3O4S. The number of hydrogen-bond acceptors (Lipinski definition) is 6. The van der Waals surface area contributed by atoms with Gasteiger partial charge in [0.05, 0.1) is 24.2 Å². The number of sulfone groups is 1. The number of carbonyl (C=O) groups excluding carboxylic acids is 1. The van der Waals surface area contributed by atoms with Crippen molar-refractivity contribution in [3.8, 4) is 17.6 Å². The number of aryl methyl sites for hydroxylation is 1. The number of fused-ring (bicyclic) bond motifs is 1. The van der Waals surface area contributed by atoms with Gasteiger partial charge in [0.2, 0.25) is 5.91 Å². The average Bonchev–Trinajstić information content (AvgIpc) is 2.87. The number of aromatic nitrogens is 1. The summed E-state index contributed by atoms with van der Waals surface area (Å²) in [6, 6.07) is 17.0. The summed E-state index contributed by atoms with van der Waals surface area (Å²) >= 11 is 0. The van der Waals surface area contributed by atoms with Gasteiger partial charge in [-0.1, -0.05) is 36.3 Å². The van der Waals surface area contributed by atoms with Gasteiger partial charge in [-0.3, -0.25) is 14.7 Å². The molecule has 7 nitrogen and oxygen atoms in total. The summed E-state index contributed by atoms with van der Waals surface area (Å²) in [5.41, 5.74) is 3.44. The van der Waals surface area contributed by atoms with E-state index >= 15 is 0 Å². The van der Waals surface area contributed by atoms with Crippen molar-refractivity contribution in [3.05, 3.63) is 71.4 Å². The molecule has 1 N–H and O–H groups in total. The highest BCUT2D eigenvalue weighted by Gasteiger charge is 2.50. The van der Waals surface area contributed by atoms with Crippen molar-refractivity contribution in [3.63, 3.8) is 0 Å². The van der Waals surface area contributed by atoms with E-state index in [9.17, 15) is 13.2 Å². The zero-order chi connectivity index (χ0) is 25.8. The number of ether oxygens (including phenoxy) is 1. The zero-order valence-corrected chi connectivity index (χ0v) is 21.7. The van der Waals surface area contributed by atoms with Gasteiger partial charge in [-0.05, 0) is 43.7 Å². The monoisotopic (exact) mass is 505 g/mol. The predicted molar refractivity (Wildman–Crippen MR) is 141 cm³/mol. The van der Waals surface area contributed by atoms with Gasteiger partial charge in [-0.15, -0.1) is 5.92 Å². The number of nitrogens with zero attached hydrogens (tertiary/aromatic N) is 2. The first-order valence-electron chi connectivity index (χ1n) is 11.9. The van der Waals surface area contributed by atoms with Crippen molar-refractivity contribution in [2.24, 2.45) is 0 Å². The number of carbonyl (C=O) groups is 1. The zero-order valence-electron chi connectivity index (χ0n) is 20.9. The molecule has 8 heteroatoms. The van der Waals surface area contributed by atoms with Crippen molar-refractivity contribution in [1.29, 1.82) is 0 Å². The lowest BCUT2D eigenvalue weighted by Crippen LogP contribution is -2.55. The van der Waals surface area contributed by atoms with E-state index in [0.717, 1.165) is 22.2 Å². The molecule has 1 aliphatic rings. The summed E-state index contributed by atoms with van der Waals surface area (Å²) in [7, 11) is -2.08. The van der Waals surface area contributed by atoms with Crippen LogP contribution in [0.3, 0.4) is 0 Å². The molecule has 1 fully saturated rings. The molecule has 1 atom stereocenters. The number of para-hydroxylation sites is 1. The minimum atomic E-state index is -3.60. The molecule has 1 aliphatic heterocycles. The maximum Gasteiger partial charge on any atom is 0.221 e. The Balaban J connectivity index is 1.62. The molecule has 0 saturated carbocycles. The lowest BCUT2D eigenvalue weighted by Gasteiger charge is -2.41. The number of rotatable bonds is 7. The van der Waals surface area contributed by atoms with E-state index in [2.05, 4.69) is 22.1 Å². The van der Waals surface area contributed by atoms with E-state index in [1.165, 1.54) is 7.05 Å². The molecule has 0 radical (unpaired) electrons. The Hall–Kier alpha value is -3.41. The van der Waals surface area contributed by atoms with Crippen LogP contribution < -0.4 is 10.1 Å². The molecular weight excluding hydrogens is 474 g/mol. The first-order valence-corrected chi connectivity index (χ1v) is 13.6. The molecule has 1 amide bonds. The summed E-state index contributed by atoms with van der Waals surface area (Å²) in [4.78, 5) is 19.1. The molecule has 1 unspecified atom stereocenters. The lowest BCUT2D eigenvalue weighted by atomic mass is 9.92. The topological polar surface area (TPSA) is 88.6 Å². The molecule has 188 valence electrons. The first kappa shape index (κ1) is 25.7. The van der Waals surface area contributed by atoms with Crippen LogP contribution >= 0.6 is 0 Å². The Morgan fingerprint density at radius 1 is 1.19 bits per heavy atom. The van der Waals surface area contributed by atoms with Crippen LogP contribution in [0.5, 0.6) is 5.75 Å². The van der Waals surface area contributed by atoms with E-state index in [1.807, 2.05) is 42.2 Å². The van der Waals surface area contributed by atoms with E-state index in [4.69, 9.17) is 4.74 Å². The minimum absolute atomic E-state index is 0.0257. The normalized spacial score (nSPS) is 19.3. The number of amides is 1. The fraction of sp³-hybridized carbons (Fsp3) is 0.357. The highest BCUT2D eigenvalue weighted by atomic mass is 32.2. The smallest absolute Gasteiger partial charge is 0.221 e. The minimum Gasteiger partial charge on any atom is -0.489 e. The number of hydrogen-bond donors (Lipinski definition) is 1. The van der Waals surface area contributed by atoms with Gasteiger partial charge >= 0.3 is 0 Å². The third-order valence-electron chi connectivity index (χ3n) is 6.66. The van der Waals surface area contributed by atoms with Crippen LogP contribution in [0.2, 0.25) is 0 Å². The van der Waals surface area contributed by atoms with E-state index < -0.39 is 14.6 Å². The van der Waals surface area contributed by atoms with Gasteiger partial charge in [0.1, 0.15) is 17.1 Å². The van der Waals surface area contributed by atoms with Crippen LogP contribution in [0, 0.1) is 18.8 Å². The van der Waals surface area contributed by atoms with Crippen molar-refractivity contribution >= 4 is 26.6 Å². The number of nitrogens with one attached hydrogen (secondary N) is 1. The maximum atomic E-state index is 13.4. The Kier molecular flexibility index (Phi) is 7.62. The third kappa shape index (κ3) is 5.23. The van der Waals surface area contributed by atoms with Crippen LogP contribution in [0.1, 0.15) is 30.2 Å². The molecule has 0 aliphatic carbocycles. The quantitative estimate of drug-likeness (QED) is 0.496. The highest BCUT2D eigenvalue weighted by molar-refractivity contribution is 7.92. The van der Waals surface area contributed by atoms with Crippen LogP contribution in [0.25, 0.3) is 10.9 Å². The largest absolute Gasteiger partial charge is 0.489 e. The Morgan fingerprint density at radius 3 is 2.67 bits per heavy atom. The molecule has 2 heterocycles. The predicted octanol–water partition coefficient (Wildman–Crippen LogP) is 3.21. The number of benzene rings is 2. The molecule has 0 spiro atoms. The molecule has 0 bridgehead atoms. The molecule has 2 aromatic carbocycles. The maximum absolute atomic E-state index is 13.4. The van der Waals surface area contributed by atoms with Gasteiger partial charge in [0.25, 0.3) is 0 Å². The van der Waals surface area contributed by atoms with Crippen molar-refractivity contribution < 1.29 is 17.9 Å². The summed E-state index contributed by atoms with van der Waals surface area (Å²) in [5, 5.41) is 3.63. The second-order valence-corrected chi connectivity index (χ2v) is 11.5. The van der Waals surface area contributed by atoms with E-state index in [0.29, 0.717) is 31.0 Å². The highest BCUT2D eigenvalue weighted by Crippen LogP contribution is 2.39. The Labute approximate surface area is 212 Å². The standard InChI is InChI=1S/C28H31N3O4S/c1-4-5-14-31-15-16-36(33,34)28(20-31,18-27(32)29-3)23-10-12-24(13-11-23)35-19-22-17-21(2)30-26-9-7-6-8-25(22)26/h6-13,17H,14-16,18-20H2,1-3H3,(H,29,32). The van der Waals surface area contributed by atoms with Crippen LogP contribution in [-0.4, -0.2) is 56.6 Å². The fourth-order valence-electron chi connectivity index (χ4n) is 4.73. The van der Waals surface area contributed by atoms with Gasteiger partial charge in [0, 0.05) is 36.8 Å². The third-order valence-corrected chi connectivity index (χ3v) is 9.08. The van der Waals surface area contributed by atoms with Gasteiger partial charge in [-0.25, -0.2) is 8.42 Å². The van der Waals surface area contributed by atoms with Gasteiger partial charge in [0.15, 0.2) is 9.84 Å². The lowest BCUT2D eigenvalue weighted by molar-refractivity contribution is -0.121. The van der Waals surface area contributed by atoms with Gasteiger partial charge < -0.3 is 10.1 Å². The van der Waals surface area contributed by atoms with Crippen molar-refractivity contribution in [2.45, 2.75) is 31.6 Å². The number of pyridine rings is 1. The summed E-state index contributed by atoms with van der Waals surface area (Å²) in [6.07, 6.45) is -0.148. The van der Waals surface area contributed by atoms with Crippen molar-refractivity contribution in [2.75, 3.05) is 32.4 Å². The van der Waals surface area contributed by atoms with E-state index in [1.54, 1.807) is 31.2 Å². The second-order valence-electron chi connectivity index (χ2n) is 9.05. The molecule has 1 saturated heterocycles. The molecule has 3 aromatic rings. The molecule has 4 rings (SSSR count). The van der Waals surface area contributed by atoms with Crippen molar-refractivity contribution in [1.82, 2.24) is 15.2 Å². The van der Waals surface area contributed by atoms with E-state index in [-0.39, 0.29) is 24.6 Å². The Bertz CT molecular complexity index is 1420. The molecule has 1 aromatic heterocycles. The fourth-order valence-corrected chi connectivity index (χ4v) is 6.84. The van der Waals surface area contributed by atoms with Gasteiger partial charge in [-0.2, -0.15) is 0 Å². The van der Waals surface area contributed by atoms with Crippen LogP contribution in [0.4, 0.5) is 0 Å². The molecule has 36 heavy (non-hydrogen) atoms. The van der Waals surface area contributed by atoms with Crippen LogP contribution in [-0.2, 0) is 26.0 Å². The summed E-state index contributed by atoms with van der Waals surface area (Å²) in [5.74, 6) is 6.16.